The summed E-state index contributed by atoms with van der Waals surface area (Å²) >= 11 is 0. The van der Waals surface area contributed by atoms with Crippen LogP contribution >= 0.6 is 0 Å². The van der Waals surface area contributed by atoms with E-state index in [9.17, 15) is 4.79 Å². The van der Waals surface area contributed by atoms with Crippen molar-refractivity contribution in [3.63, 3.8) is 0 Å². The van der Waals surface area contributed by atoms with Crippen molar-refractivity contribution < 1.29 is 14.6 Å². The average molecular weight is 168 g/mol. The van der Waals surface area contributed by atoms with Gasteiger partial charge in [0.1, 0.15) is 5.76 Å². The molecule has 0 saturated heterocycles. The third-order valence-electron chi connectivity index (χ3n) is 2.31. The van der Waals surface area contributed by atoms with Gasteiger partial charge in [-0.25, -0.2) is 0 Å². The molecule has 0 heterocycles. The number of carbonyl (C=O) groups excluding carboxylic acids is 1. The normalized spacial score (nSPS) is 29.1. The van der Waals surface area contributed by atoms with Crippen LogP contribution in [-0.2, 0) is 9.53 Å². The number of hydrogen-bond acceptors (Lipinski definition) is 3. The van der Waals surface area contributed by atoms with Crippen molar-refractivity contribution in [2.45, 2.75) is 6.92 Å². The molecule has 1 aliphatic rings. The lowest BCUT2D eigenvalue weighted by molar-refractivity contribution is -0.122. The maximum atomic E-state index is 11.3. The van der Waals surface area contributed by atoms with Crippen LogP contribution in [0.1, 0.15) is 6.92 Å². The summed E-state index contributed by atoms with van der Waals surface area (Å²) in [5.41, 5.74) is -0.316. The van der Waals surface area contributed by atoms with Gasteiger partial charge in [0.2, 0.25) is 0 Å². The third kappa shape index (κ3) is 0.975. The van der Waals surface area contributed by atoms with E-state index in [2.05, 4.69) is 6.58 Å². The van der Waals surface area contributed by atoms with Gasteiger partial charge in [-0.05, 0) is 6.92 Å². The van der Waals surface area contributed by atoms with Crippen LogP contribution in [0.3, 0.4) is 0 Å². The first kappa shape index (κ1) is 9.00. The number of carbonyl (C=O) groups is 1. The Labute approximate surface area is 71.3 Å². The third-order valence-corrected chi connectivity index (χ3v) is 2.31. The Balaban J connectivity index is 3.03. The standard InChI is InChI=1S/C9H12O3/c1-6-7(12-3)4-8(11)9(6,2)5-10/h4,10H,1,5H2,2-3H3/t9-/m0/s1. The number of hydrogen-bond donors (Lipinski definition) is 1. The van der Waals surface area contributed by atoms with Crippen molar-refractivity contribution in [1.82, 2.24) is 0 Å². The van der Waals surface area contributed by atoms with Crippen LogP contribution in [-0.4, -0.2) is 24.6 Å². The number of rotatable bonds is 2. The highest BCUT2D eigenvalue weighted by molar-refractivity contribution is 6.02. The van der Waals surface area contributed by atoms with Crippen molar-refractivity contribution in [2.75, 3.05) is 13.7 Å². The predicted octanol–water partition coefficient (Wildman–Crippen LogP) is 0.654. The summed E-state index contributed by atoms with van der Waals surface area (Å²) < 4.78 is 4.92. The molecule has 0 aromatic carbocycles. The van der Waals surface area contributed by atoms with Crippen LogP contribution in [0.5, 0.6) is 0 Å². The lowest BCUT2D eigenvalue weighted by Gasteiger charge is -2.20. The summed E-state index contributed by atoms with van der Waals surface area (Å²) in [6, 6.07) is 0. The fourth-order valence-electron chi connectivity index (χ4n) is 1.14. The summed E-state index contributed by atoms with van der Waals surface area (Å²) in [6.07, 6.45) is 1.37. The zero-order valence-corrected chi connectivity index (χ0v) is 7.26. The zero-order chi connectivity index (χ0) is 9.35. The molecule has 0 fully saturated rings. The van der Waals surface area contributed by atoms with E-state index in [1.807, 2.05) is 0 Å². The first-order chi connectivity index (χ1) is 5.56. The number of ether oxygens (including phenoxy) is 1. The molecule has 0 aromatic heterocycles. The SMILES string of the molecule is C=C1C(OC)=CC(=O)[C@@]1(C)CO. The second-order valence-corrected chi connectivity index (χ2v) is 3.05. The first-order valence-corrected chi connectivity index (χ1v) is 3.67. The van der Waals surface area contributed by atoms with Crippen LogP contribution < -0.4 is 0 Å². The molecule has 0 saturated carbocycles. The van der Waals surface area contributed by atoms with E-state index in [0.717, 1.165) is 0 Å². The highest BCUT2D eigenvalue weighted by atomic mass is 16.5. The van der Waals surface area contributed by atoms with E-state index in [1.54, 1.807) is 6.92 Å². The Morgan fingerprint density at radius 2 is 2.33 bits per heavy atom. The molecule has 12 heavy (non-hydrogen) atoms. The van der Waals surface area contributed by atoms with Gasteiger partial charge in [0.25, 0.3) is 0 Å². The van der Waals surface area contributed by atoms with Crippen molar-refractivity contribution in [3.8, 4) is 0 Å². The number of methoxy groups -OCH3 is 1. The van der Waals surface area contributed by atoms with Gasteiger partial charge in [0, 0.05) is 11.6 Å². The predicted molar refractivity (Wildman–Crippen MR) is 44.4 cm³/mol. The largest absolute Gasteiger partial charge is 0.496 e. The second kappa shape index (κ2) is 2.75. The van der Waals surface area contributed by atoms with Gasteiger partial charge in [-0.3, -0.25) is 4.79 Å². The minimum atomic E-state index is -0.870. The van der Waals surface area contributed by atoms with Gasteiger partial charge in [-0.2, -0.15) is 0 Å². The molecule has 1 atom stereocenters. The molecule has 0 bridgehead atoms. The smallest absolute Gasteiger partial charge is 0.172 e. The lowest BCUT2D eigenvalue weighted by Crippen LogP contribution is -2.28. The van der Waals surface area contributed by atoms with E-state index >= 15 is 0 Å². The number of allylic oxidation sites excluding steroid dienone is 2. The Kier molecular flexibility index (Phi) is 2.06. The van der Waals surface area contributed by atoms with E-state index < -0.39 is 5.41 Å². The molecular formula is C9H12O3. The molecule has 0 amide bonds. The van der Waals surface area contributed by atoms with Crippen LogP contribution in [0.4, 0.5) is 0 Å². The molecule has 0 unspecified atom stereocenters. The lowest BCUT2D eigenvalue weighted by atomic mass is 9.84. The fraction of sp³-hybridized carbons (Fsp3) is 0.444. The molecule has 3 heteroatoms. The molecule has 3 nitrogen and oxygen atoms in total. The van der Waals surface area contributed by atoms with Crippen molar-refractivity contribution in [3.05, 3.63) is 24.0 Å². The topological polar surface area (TPSA) is 46.5 Å². The minimum Gasteiger partial charge on any atom is -0.496 e. The van der Waals surface area contributed by atoms with E-state index in [4.69, 9.17) is 9.84 Å². The fourth-order valence-corrected chi connectivity index (χ4v) is 1.14. The molecule has 1 rings (SSSR count). The Bertz CT molecular complexity index is 265. The number of aliphatic hydroxyl groups is 1. The van der Waals surface area contributed by atoms with Crippen molar-refractivity contribution in [1.29, 1.82) is 0 Å². The van der Waals surface area contributed by atoms with Gasteiger partial charge in [0.05, 0.1) is 19.1 Å². The van der Waals surface area contributed by atoms with Crippen LogP contribution in [0.15, 0.2) is 24.0 Å². The van der Waals surface area contributed by atoms with E-state index in [0.29, 0.717) is 11.3 Å². The van der Waals surface area contributed by atoms with Gasteiger partial charge >= 0.3 is 0 Å². The Morgan fingerprint density at radius 3 is 2.58 bits per heavy atom. The van der Waals surface area contributed by atoms with Crippen molar-refractivity contribution >= 4 is 5.78 Å². The van der Waals surface area contributed by atoms with E-state index in [-0.39, 0.29) is 12.4 Å². The minimum absolute atomic E-state index is 0.146. The van der Waals surface area contributed by atoms with Gasteiger partial charge in [-0.15, -0.1) is 0 Å². The molecule has 0 spiro atoms. The number of aliphatic hydroxyl groups excluding tert-OH is 1. The first-order valence-electron chi connectivity index (χ1n) is 3.67. The molecule has 0 aliphatic heterocycles. The van der Waals surface area contributed by atoms with Crippen LogP contribution in [0.2, 0.25) is 0 Å². The quantitative estimate of drug-likeness (QED) is 0.658. The van der Waals surface area contributed by atoms with Crippen molar-refractivity contribution in [2.24, 2.45) is 5.41 Å². The molecule has 0 radical (unpaired) electrons. The second-order valence-electron chi connectivity index (χ2n) is 3.05. The Hall–Kier alpha value is -1.09. The molecule has 66 valence electrons. The molecule has 1 aliphatic carbocycles. The summed E-state index contributed by atoms with van der Waals surface area (Å²) in [6.45, 7) is 5.13. The van der Waals surface area contributed by atoms with Crippen LogP contribution in [0, 0.1) is 5.41 Å². The maximum absolute atomic E-state index is 11.3. The summed E-state index contributed by atoms with van der Waals surface area (Å²) in [4.78, 5) is 11.3. The number of ketones is 1. The molecule has 0 aromatic rings. The summed E-state index contributed by atoms with van der Waals surface area (Å²) in [7, 11) is 1.48. The van der Waals surface area contributed by atoms with Gasteiger partial charge < -0.3 is 9.84 Å². The Morgan fingerprint density at radius 1 is 1.75 bits per heavy atom. The monoisotopic (exact) mass is 168 g/mol. The summed E-state index contributed by atoms with van der Waals surface area (Å²) in [5.74, 6) is 0.323. The van der Waals surface area contributed by atoms with Gasteiger partial charge in [0.15, 0.2) is 5.78 Å². The molecule has 1 N–H and O–H groups in total. The highest BCUT2D eigenvalue weighted by Crippen LogP contribution is 2.38. The van der Waals surface area contributed by atoms with Gasteiger partial charge in [-0.1, -0.05) is 6.58 Å². The highest BCUT2D eigenvalue weighted by Gasteiger charge is 2.41. The average Bonchev–Trinajstić information content (AvgIpc) is 2.30. The zero-order valence-electron chi connectivity index (χ0n) is 7.26. The maximum Gasteiger partial charge on any atom is 0.172 e. The summed E-state index contributed by atoms with van der Waals surface area (Å²) in [5, 5.41) is 9.01. The molecular weight excluding hydrogens is 156 g/mol. The van der Waals surface area contributed by atoms with Crippen LogP contribution in [0.25, 0.3) is 0 Å². The van der Waals surface area contributed by atoms with E-state index in [1.165, 1.54) is 13.2 Å².